The Morgan fingerprint density at radius 2 is 1.78 bits per heavy atom. The van der Waals surface area contributed by atoms with Crippen molar-refractivity contribution >= 4 is 5.91 Å². The van der Waals surface area contributed by atoms with E-state index in [1.807, 2.05) is 54.7 Å². The molecule has 0 bridgehead atoms. The molecule has 0 aliphatic carbocycles. The van der Waals surface area contributed by atoms with Gasteiger partial charge >= 0.3 is 0 Å². The molecule has 1 aliphatic heterocycles. The van der Waals surface area contributed by atoms with Crippen molar-refractivity contribution in [2.24, 2.45) is 0 Å². The van der Waals surface area contributed by atoms with Crippen molar-refractivity contribution in [3.05, 3.63) is 72.8 Å². The molecule has 0 N–H and O–H groups in total. The molecule has 7 nitrogen and oxygen atoms in total. The van der Waals surface area contributed by atoms with Gasteiger partial charge in [0.25, 0.3) is 5.91 Å². The minimum atomic E-state index is 0.0222. The summed E-state index contributed by atoms with van der Waals surface area (Å²) in [5.74, 6) is 2.01. The minimum absolute atomic E-state index is 0.0222. The molecule has 4 rings (SSSR count). The number of para-hydroxylation sites is 1. The molecule has 1 aliphatic rings. The Morgan fingerprint density at radius 1 is 1.00 bits per heavy atom. The molecule has 2 heterocycles. The zero-order chi connectivity index (χ0) is 22.2. The monoisotopic (exact) mass is 435 g/mol. The van der Waals surface area contributed by atoms with Crippen molar-refractivity contribution in [1.29, 1.82) is 0 Å². The van der Waals surface area contributed by atoms with Crippen molar-refractivity contribution in [2.45, 2.75) is 25.8 Å². The molecule has 0 unspecified atom stereocenters. The van der Waals surface area contributed by atoms with E-state index < -0.39 is 0 Å². The first-order valence-corrected chi connectivity index (χ1v) is 11.1. The number of ether oxygens (including phenoxy) is 3. The number of hydrogen-bond acceptors (Lipinski definition) is 5. The fourth-order valence-corrected chi connectivity index (χ4v) is 3.89. The third-order valence-electron chi connectivity index (χ3n) is 5.54. The molecule has 7 heteroatoms. The van der Waals surface area contributed by atoms with Crippen molar-refractivity contribution in [3.63, 3.8) is 0 Å². The Balaban J connectivity index is 1.33. The summed E-state index contributed by atoms with van der Waals surface area (Å²) >= 11 is 0. The Kier molecular flexibility index (Phi) is 7.27. The van der Waals surface area contributed by atoms with Crippen molar-refractivity contribution < 1.29 is 19.0 Å². The van der Waals surface area contributed by atoms with Gasteiger partial charge in [0.1, 0.15) is 19.0 Å². The fraction of sp³-hybridized carbons (Fsp3) is 0.360. The van der Waals surface area contributed by atoms with Gasteiger partial charge in [0.2, 0.25) is 0 Å². The molecule has 0 spiro atoms. The maximum Gasteiger partial charge on any atom is 0.253 e. The Morgan fingerprint density at radius 3 is 2.50 bits per heavy atom. The summed E-state index contributed by atoms with van der Waals surface area (Å²) in [5.41, 5.74) is 0.613. The minimum Gasteiger partial charge on any atom is -0.490 e. The summed E-state index contributed by atoms with van der Waals surface area (Å²) in [6.07, 6.45) is 7.47. The molecule has 3 aromatic rings. The summed E-state index contributed by atoms with van der Waals surface area (Å²) in [6.45, 7) is 4.65. The Labute approximate surface area is 188 Å². The number of rotatable bonds is 9. The number of nitrogens with zero attached hydrogens (tertiary/aromatic N) is 3. The summed E-state index contributed by atoms with van der Waals surface area (Å²) in [7, 11) is 0. The highest BCUT2D eigenvalue weighted by molar-refractivity contribution is 5.95. The van der Waals surface area contributed by atoms with Gasteiger partial charge in [-0.15, -0.1) is 0 Å². The van der Waals surface area contributed by atoms with Crippen LogP contribution in [0, 0.1) is 0 Å². The van der Waals surface area contributed by atoms with E-state index in [2.05, 4.69) is 9.55 Å². The summed E-state index contributed by atoms with van der Waals surface area (Å²) in [6, 6.07) is 15.4. The van der Waals surface area contributed by atoms with Crippen LogP contribution in [0.5, 0.6) is 17.2 Å². The maximum absolute atomic E-state index is 13.1. The average molecular weight is 436 g/mol. The Bertz CT molecular complexity index is 984. The van der Waals surface area contributed by atoms with E-state index in [0.717, 1.165) is 31.7 Å². The third kappa shape index (κ3) is 5.41. The lowest BCUT2D eigenvalue weighted by molar-refractivity contribution is 0.0694. The van der Waals surface area contributed by atoms with Crippen LogP contribution in [0.3, 0.4) is 0 Å². The van der Waals surface area contributed by atoms with Gasteiger partial charge in [-0.2, -0.15) is 0 Å². The molecular formula is C25H29N3O4. The van der Waals surface area contributed by atoms with Crippen molar-refractivity contribution in [3.8, 4) is 17.2 Å². The summed E-state index contributed by atoms with van der Waals surface area (Å²) in [5, 5.41) is 0. The molecule has 0 radical (unpaired) electrons. The number of aromatic nitrogens is 2. The standard InChI is InChI=1S/C25H29N3O4/c1-2-30-24-18-20(8-9-23(24)32-17-16-31-22-6-4-3-5-7-22)25(29)27-13-10-21(11-14-27)28-15-12-26-19-28/h3-9,12,15,18-19,21H,2,10-11,13-14,16-17H2,1H3. The van der Waals surface area contributed by atoms with E-state index in [-0.39, 0.29) is 5.91 Å². The van der Waals surface area contributed by atoms with Crippen LogP contribution in [-0.4, -0.2) is 53.3 Å². The van der Waals surface area contributed by atoms with Crippen LogP contribution in [-0.2, 0) is 0 Å². The van der Waals surface area contributed by atoms with Gasteiger partial charge in [-0.3, -0.25) is 4.79 Å². The second-order valence-electron chi connectivity index (χ2n) is 7.64. The molecule has 168 valence electrons. The second-order valence-corrected chi connectivity index (χ2v) is 7.64. The average Bonchev–Trinajstić information content (AvgIpc) is 3.38. The van der Waals surface area contributed by atoms with Crippen LogP contribution in [0.2, 0.25) is 0 Å². The number of imidazole rings is 1. The second kappa shape index (κ2) is 10.7. The largest absolute Gasteiger partial charge is 0.490 e. The molecule has 0 saturated carbocycles. The van der Waals surface area contributed by atoms with Crippen molar-refractivity contribution in [1.82, 2.24) is 14.5 Å². The van der Waals surface area contributed by atoms with Gasteiger partial charge in [0, 0.05) is 37.1 Å². The zero-order valence-electron chi connectivity index (χ0n) is 18.4. The van der Waals surface area contributed by atoms with Gasteiger partial charge in [-0.1, -0.05) is 18.2 Å². The van der Waals surface area contributed by atoms with Crippen LogP contribution in [0.25, 0.3) is 0 Å². The van der Waals surface area contributed by atoms with E-state index in [0.29, 0.717) is 42.9 Å². The van der Waals surface area contributed by atoms with E-state index >= 15 is 0 Å². The van der Waals surface area contributed by atoms with E-state index in [9.17, 15) is 4.79 Å². The van der Waals surface area contributed by atoms with Gasteiger partial charge in [0.15, 0.2) is 11.5 Å². The van der Waals surface area contributed by atoms with Gasteiger partial charge in [-0.25, -0.2) is 4.98 Å². The maximum atomic E-state index is 13.1. The predicted molar refractivity (Wildman–Crippen MR) is 121 cm³/mol. The van der Waals surface area contributed by atoms with E-state index in [4.69, 9.17) is 14.2 Å². The number of hydrogen-bond donors (Lipinski definition) is 0. The van der Waals surface area contributed by atoms with Gasteiger partial charge in [-0.05, 0) is 50.1 Å². The van der Waals surface area contributed by atoms with Crippen LogP contribution in [0.1, 0.15) is 36.2 Å². The molecule has 32 heavy (non-hydrogen) atoms. The van der Waals surface area contributed by atoms with Gasteiger partial charge < -0.3 is 23.7 Å². The third-order valence-corrected chi connectivity index (χ3v) is 5.54. The smallest absolute Gasteiger partial charge is 0.253 e. The van der Waals surface area contributed by atoms with Crippen molar-refractivity contribution in [2.75, 3.05) is 32.9 Å². The SMILES string of the molecule is CCOc1cc(C(=O)N2CCC(n3ccnc3)CC2)ccc1OCCOc1ccccc1. The molecule has 1 amide bonds. The number of likely N-dealkylation sites (tertiary alicyclic amines) is 1. The van der Waals surface area contributed by atoms with Crippen LogP contribution in [0.4, 0.5) is 0 Å². The Hall–Kier alpha value is -3.48. The molecule has 2 aromatic carbocycles. The first-order chi connectivity index (χ1) is 15.7. The lowest BCUT2D eigenvalue weighted by Gasteiger charge is -2.32. The number of carbonyl (C=O) groups excluding carboxylic acids is 1. The molecule has 0 atom stereocenters. The van der Waals surface area contributed by atoms with Crippen LogP contribution in [0.15, 0.2) is 67.3 Å². The fourth-order valence-electron chi connectivity index (χ4n) is 3.89. The van der Waals surface area contributed by atoms with Crippen LogP contribution >= 0.6 is 0 Å². The quantitative estimate of drug-likeness (QED) is 0.471. The molecule has 1 fully saturated rings. The van der Waals surface area contributed by atoms with E-state index in [1.165, 1.54) is 0 Å². The first-order valence-electron chi connectivity index (χ1n) is 11.1. The first kappa shape index (κ1) is 21.7. The lowest BCUT2D eigenvalue weighted by atomic mass is 10.0. The highest BCUT2D eigenvalue weighted by Gasteiger charge is 2.25. The predicted octanol–water partition coefficient (Wildman–Crippen LogP) is 4.22. The van der Waals surface area contributed by atoms with Crippen LogP contribution < -0.4 is 14.2 Å². The highest BCUT2D eigenvalue weighted by Crippen LogP contribution is 2.30. The molecular weight excluding hydrogens is 406 g/mol. The van der Waals surface area contributed by atoms with E-state index in [1.54, 1.807) is 24.4 Å². The molecule has 1 aromatic heterocycles. The number of carbonyl (C=O) groups is 1. The normalized spacial score (nSPS) is 14.2. The van der Waals surface area contributed by atoms with Gasteiger partial charge in [0.05, 0.1) is 12.9 Å². The molecule has 1 saturated heterocycles. The summed E-state index contributed by atoms with van der Waals surface area (Å²) in [4.78, 5) is 19.1. The zero-order valence-corrected chi connectivity index (χ0v) is 18.4. The topological polar surface area (TPSA) is 65.8 Å². The number of amides is 1. The highest BCUT2D eigenvalue weighted by atomic mass is 16.5. The number of piperidine rings is 1. The lowest BCUT2D eigenvalue weighted by Crippen LogP contribution is -2.38. The number of benzene rings is 2. The summed E-state index contributed by atoms with van der Waals surface area (Å²) < 4.78 is 19.4.